The lowest BCUT2D eigenvalue weighted by Crippen LogP contribution is -2.26. The summed E-state index contributed by atoms with van der Waals surface area (Å²) in [4.78, 5) is 11.3. The molecular weight excluding hydrogens is 217 g/mol. The van der Waals surface area contributed by atoms with E-state index < -0.39 is 0 Å². The first kappa shape index (κ1) is 11.7. The Kier molecular flexibility index (Phi) is 4.31. The van der Waals surface area contributed by atoms with Gasteiger partial charge >= 0.3 is 0 Å². The van der Waals surface area contributed by atoms with E-state index in [9.17, 15) is 9.18 Å². The molecule has 0 aliphatic rings. The molecule has 0 aliphatic carbocycles. The molecule has 0 bridgehead atoms. The molecule has 1 amide bonds. The van der Waals surface area contributed by atoms with Gasteiger partial charge in [0.15, 0.2) is 0 Å². The van der Waals surface area contributed by atoms with Crippen molar-refractivity contribution in [2.45, 2.75) is 6.42 Å². The molecule has 2 nitrogen and oxygen atoms in total. The topological polar surface area (TPSA) is 29.1 Å². The quantitative estimate of drug-likeness (QED) is 0.840. The van der Waals surface area contributed by atoms with E-state index in [1.165, 1.54) is 12.1 Å². The second-order valence-electron chi connectivity index (χ2n) is 3.10. The monoisotopic (exact) mass is 227 g/mol. The molecule has 15 heavy (non-hydrogen) atoms. The zero-order chi connectivity index (χ0) is 11.3. The Labute approximate surface area is 92.7 Å². The van der Waals surface area contributed by atoms with E-state index in [1.54, 1.807) is 12.1 Å². The number of nitrogens with one attached hydrogen (secondary N) is 1. The molecule has 0 heterocycles. The fourth-order valence-electron chi connectivity index (χ4n) is 1.09. The van der Waals surface area contributed by atoms with E-state index in [2.05, 4.69) is 11.9 Å². The Morgan fingerprint density at radius 2 is 2.27 bits per heavy atom. The summed E-state index contributed by atoms with van der Waals surface area (Å²) in [7, 11) is 0. The Balaban J connectivity index is 2.48. The molecule has 0 aromatic heterocycles. The van der Waals surface area contributed by atoms with Gasteiger partial charge in [-0.05, 0) is 17.7 Å². The molecule has 80 valence electrons. The van der Waals surface area contributed by atoms with Crippen molar-refractivity contribution in [2.24, 2.45) is 0 Å². The first-order chi connectivity index (χ1) is 7.08. The van der Waals surface area contributed by atoms with Crippen molar-refractivity contribution in [1.82, 2.24) is 5.32 Å². The number of halogens is 2. The Morgan fingerprint density at radius 3 is 2.87 bits per heavy atom. The van der Waals surface area contributed by atoms with Gasteiger partial charge in [-0.3, -0.25) is 4.79 Å². The highest BCUT2D eigenvalue weighted by Gasteiger charge is 2.03. The number of benzene rings is 1. The summed E-state index contributed by atoms with van der Waals surface area (Å²) in [6, 6.07) is 5.92. The first-order valence-electron chi connectivity index (χ1n) is 4.42. The number of rotatable bonds is 4. The third kappa shape index (κ3) is 4.61. The van der Waals surface area contributed by atoms with Crippen LogP contribution >= 0.6 is 11.6 Å². The van der Waals surface area contributed by atoms with Crippen LogP contribution in [0.25, 0.3) is 0 Å². The van der Waals surface area contributed by atoms with Gasteiger partial charge in [-0.25, -0.2) is 4.39 Å². The van der Waals surface area contributed by atoms with Gasteiger partial charge in [0.05, 0.1) is 13.0 Å². The van der Waals surface area contributed by atoms with Crippen molar-refractivity contribution in [1.29, 1.82) is 0 Å². The van der Waals surface area contributed by atoms with Gasteiger partial charge in [-0.1, -0.05) is 30.3 Å². The van der Waals surface area contributed by atoms with Crippen molar-refractivity contribution in [3.05, 3.63) is 47.3 Å². The van der Waals surface area contributed by atoms with E-state index in [1.807, 2.05) is 0 Å². The summed E-state index contributed by atoms with van der Waals surface area (Å²) in [5.74, 6) is -0.551. The van der Waals surface area contributed by atoms with Gasteiger partial charge in [0.1, 0.15) is 5.82 Å². The first-order valence-corrected chi connectivity index (χ1v) is 4.80. The molecule has 1 aromatic carbocycles. The molecule has 0 atom stereocenters. The van der Waals surface area contributed by atoms with Crippen molar-refractivity contribution >= 4 is 17.5 Å². The number of amides is 1. The molecule has 1 rings (SSSR count). The average molecular weight is 228 g/mol. The predicted octanol–water partition coefficient (Wildman–Crippen LogP) is 2.24. The van der Waals surface area contributed by atoms with Crippen molar-refractivity contribution < 1.29 is 9.18 Å². The van der Waals surface area contributed by atoms with E-state index in [0.717, 1.165) is 0 Å². The maximum Gasteiger partial charge on any atom is 0.224 e. The van der Waals surface area contributed by atoms with E-state index in [-0.39, 0.29) is 24.7 Å². The molecule has 0 aliphatic heterocycles. The zero-order valence-electron chi connectivity index (χ0n) is 8.09. The van der Waals surface area contributed by atoms with Crippen molar-refractivity contribution in [2.75, 3.05) is 6.54 Å². The summed E-state index contributed by atoms with van der Waals surface area (Å²) < 4.78 is 12.8. The van der Waals surface area contributed by atoms with Crippen LogP contribution < -0.4 is 5.32 Å². The number of hydrogen-bond acceptors (Lipinski definition) is 1. The van der Waals surface area contributed by atoms with E-state index in [4.69, 9.17) is 11.6 Å². The van der Waals surface area contributed by atoms with Crippen LogP contribution in [0.2, 0.25) is 0 Å². The fraction of sp³-hybridized carbons (Fsp3) is 0.182. The summed E-state index contributed by atoms with van der Waals surface area (Å²) in [5.41, 5.74) is 0.632. The van der Waals surface area contributed by atoms with Crippen LogP contribution in [0, 0.1) is 5.82 Å². The summed E-state index contributed by atoms with van der Waals surface area (Å²) >= 11 is 5.48. The Hall–Kier alpha value is -1.35. The van der Waals surface area contributed by atoms with Gasteiger partial charge in [-0.2, -0.15) is 0 Å². The molecule has 0 unspecified atom stereocenters. The Bertz CT molecular complexity index is 379. The van der Waals surface area contributed by atoms with E-state index in [0.29, 0.717) is 10.6 Å². The largest absolute Gasteiger partial charge is 0.351 e. The van der Waals surface area contributed by atoms with Gasteiger partial charge in [0.25, 0.3) is 0 Å². The lowest BCUT2D eigenvalue weighted by Gasteiger charge is -2.03. The SMILES string of the molecule is C=C(Cl)CNC(=O)Cc1cccc(F)c1. The molecule has 1 N–H and O–H groups in total. The third-order valence-corrected chi connectivity index (χ3v) is 1.86. The summed E-state index contributed by atoms with van der Waals surface area (Å²) in [5, 5.41) is 2.92. The van der Waals surface area contributed by atoms with Crippen molar-refractivity contribution in [3.63, 3.8) is 0 Å². The highest BCUT2D eigenvalue weighted by atomic mass is 35.5. The van der Waals surface area contributed by atoms with Gasteiger partial charge < -0.3 is 5.32 Å². The Morgan fingerprint density at radius 1 is 1.53 bits per heavy atom. The minimum atomic E-state index is -0.345. The van der Waals surface area contributed by atoms with Crippen LogP contribution in [0.5, 0.6) is 0 Å². The van der Waals surface area contributed by atoms with Gasteiger partial charge in [0, 0.05) is 5.03 Å². The number of carbonyl (C=O) groups is 1. The maximum atomic E-state index is 12.8. The zero-order valence-corrected chi connectivity index (χ0v) is 8.85. The number of carbonyl (C=O) groups excluding carboxylic acids is 1. The van der Waals surface area contributed by atoms with Crippen molar-refractivity contribution in [3.8, 4) is 0 Å². The highest BCUT2D eigenvalue weighted by Crippen LogP contribution is 2.04. The molecule has 4 heteroatoms. The van der Waals surface area contributed by atoms with Gasteiger partial charge in [0.2, 0.25) is 5.91 Å². The minimum Gasteiger partial charge on any atom is -0.351 e. The summed E-state index contributed by atoms with van der Waals surface area (Å²) in [6.45, 7) is 3.67. The van der Waals surface area contributed by atoms with Crippen LogP contribution in [0.3, 0.4) is 0 Å². The average Bonchev–Trinajstić information content (AvgIpc) is 2.15. The standard InChI is InChI=1S/C11H11ClFNO/c1-8(12)7-14-11(15)6-9-3-2-4-10(13)5-9/h2-5H,1,6-7H2,(H,14,15). The van der Waals surface area contributed by atoms with Crippen LogP contribution in [0.15, 0.2) is 35.9 Å². The maximum absolute atomic E-state index is 12.8. The lowest BCUT2D eigenvalue weighted by molar-refractivity contribution is -0.120. The van der Waals surface area contributed by atoms with Gasteiger partial charge in [-0.15, -0.1) is 0 Å². The molecule has 1 aromatic rings. The minimum absolute atomic E-state index is 0.141. The molecule has 0 fully saturated rings. The number of hydrogen-bond donors (Lipinski definition) is 1. The lowest BCUT2D eigenvalue weighted by atomic mass is 10.1. The second kappa shape index (κ2) is 5.51. The molecule has 0 spiro atoms. The van der Waals surface area contributed by atoms with Crippen LogP contribution in [-0.4, -0.2) is 12.5 Å². The second-order valence-corrected chi connectivity index (χ2v) is 3.64. The third-order valence-electron chi connectivity index (χ3n) is 1.73. The van der Waals surface area contributed by atoms with Crippen LogP contribution in [0.4, 0.5) is 4.39 Å². The van der Waals surface area contributed by atoms with Crippen LogP contribution in [-0.2, 0) is 11.2 Å². The molecular formula is C11H11ClFNO. The normalized spacial score (nSPS) is 9.73. The van der Waals surface area contributed by atoms with E-state index >= 15 is 0 Å². The molecule has 0 saturated carbocycles. The predicted molar refractivity (Wildman–Crippen MR) is 58.1 cm³/mol. The highest BCUT2D eigenvalue weighted by molar-refractivity contribution is 6.29. The fourth-order valence-corrected chi connectivity index (χ4v) is 1.16. The smallest absolute Gasteiger partial charge is 0.224 e. The molecule has 0 radical (unpaired) electrons. The molecule has 0 saturated heterocycles. The van der Waals surface area contributed by atoms with Crippen LogP contribution in [0.1, 0.15) is 5.56 Å². The summed E-state index contributed by atoms with van der Waals surface area (Å²) in [6.07, 6.45) is 0.141.